The molecule has 0 spiro atoms. The summed E-state index contributed by atoms with van der Waals surface area (Å²) in [6.45, 7) is -0.0918. The van der Waals surface area contributed by atoms with Gasteiger partial charge in [0.1, 0.15) is 12.3 Å². The van der Waals surface area contributed by atoms with Crippen LogP contribution in [0.15, 0.2) is 30.5 Å². The average Bonchev–Trinajstić information content (AvgIpc) is 2.96. The molecule has 0 unspecified atom stereocenters. The minimum Gasteiger partial charge on any atom is -0.496 e. The van der Waals surface area contributed by atoms with Crippen LogP contribution in [0.3, 0.4) is 0 Å². The van der Waals surface area contributed by atoms with Gasteiger partial charge in [-0.25, -0.2) is 0 Å². The third kappa shape index (κ3) is 4.41. The first-order valence-corrected chi connectivity index (χ1v) is 7.25. The van der Waals surface area contributed by atoms with Crippen molar-refractivity contribution in [3.05, 3.63) is 46.7 Å². The van der Waals surface area contributed by atoms with Gasteiger partial charge in [0.15, 0.2) is 5.69 Å². The van der Waals surface area contributed by atoms with Crippen molar-refractivity contribution in [1.29, 1.82) is 0 Å². The molecule has 0 aliphatic rings. The molecule has 0 radical (unpaired) electrons. The Labute approximate surface area is 141 Å². The first-order chi connectivity index (χ1) is 11.2. The Morgan fingerprint density at radius 1 is 1.38 bits per heavy atom. The number of alkyl halides is 3. The molecule has 0 saturated carbocycles. The second kappa shape index (κ2) is 7.12. The van der Waals surface area contributed by atoms with Crippen molar-refractivity contribution in [3.8, 4) is 5.75 Å². The Balaban J connectivity index is 2.05. The zero-order valence-corrected chi connectivity index (χ0v) is 13.7. The maximum absolute atomic E-state index is 12.5. The van der Waals surface area contributed by atoms with E-state index in [-0.39, 0.29) is 13.1 Å². The summed E-state index contributed by atoms with van der Waals surface area (Å²) < 4.78 is 43.7. The van der Waals surface area contributed by atoms with Crippen molar-refractivity contribution in [3.63, 3.8) is 0 Å². The molecule has 9 heteroatoms. The van der Waals surface area contributed by atoms with E-state index in [0.717, 1.165) is 16.9 Å². The zero-order chi connectivity index (χ0) is 17.9. The van der Waals surface area contributed by atoms with Gasteiger partial charge in [0.2, 0.25) is 5.91 Å². The van der Waals surface area contributed by atoms with Gasteiger partial charge in [-0.1, -0.05) is 11.6 Å². The van der Waals surface area contributed by atoms with Crippen molar-refractivity contribution in [1.82, 2.24) is 14.7 Å². The van der Waals surface area contributed by atoms with E-state index in [1.807, 2.05) is 0 Å². The molecule has 0 aliphatic carbocycles. The summed E-state index contributed by atoms with van der Waals surface area (Å²) in [5.74, 6) is 0.173. The monoisotopic (exact) mass is 361 g/mol. The molecule has 0 fully saturated rings. The standard InChI is InChI=1S/C15H15ClF3N3O2/c1-21(8-10-7-11(16)3-4-12(10)24-2)14(23)9-22-6-5-13(20-22)15(17,18)19/h3-7H,8-9H2,1-2H3. The number of halogens is 4. The normalized spacial score (nSPS) is 11.4. The van der Waals surface area contributed by atoms with Crippen LogP contribution in [-0.2, 0) is 24.1 Å². The van der Waals surface area contributed by atoms with E-state index < -0.39 is 17.8 Å². The summed E-state index contributed by atoms with van der Waals surface area (Å²) >= 11 is 5.93. The van der Waals surface area contributed by atoms with Crippen LogP contribution in [0.4, 0.5) is 13.2 Å². The fraction of sp³-hybridized carbons (Fsp3) is 0.333. The van der Waals surface area contributed by atoms with Gasteiger partial charge in [0, 0.05) is 30.4 Å². The van der Waals surface area contributed by atoms with Crippen LogP contribution >= 0.6 is 11.6 Å². The number of methoxy groups -OCH3 is 1. The van der Waals surface area contributed by atoms with Gasteiger partial charge in [0.05, 0.1) is 7.11 Å². The molecule has 0 aliphatic heterocycles. The van der Waals surface area contributed by atoms with E-state index in [2.05, 4.69) is 5.10 Å². The van der Waals surface area contributed by atoms with Crippen LogP contribution in [0.25, 0.3) is 0 Å². The Hall–Kier alpha value is -2.22. The lowest BCUT2D eigenvalue weighted by atomic mass is 10.2. The lowest BCUT2D eigenvalue weighted by Gasteiger charge is -2.19. The van der Waals surface area contributed by atoms with Gasteiger partial charge < -0.3 is 9.64 Å². The molecule has 1 heterocycles. The van der Waals surface area contributed by atoms with Crippen molar-refractivity contribution in [2.45, 2.75) is 19.3 Å². The highest BCUT2D eigenvalue weighted by atomic mass is 35.5. The fourth-order valence-electron chi connectivity index (χ4n) is 2.07. The lowest BCUT2D eigenvalue weighted by Crippen LogP contribution is -2.30. The van der Waals surface area contributed by atoms with Crippen LogP contribution in [-0.4, -0.2) is 34.7 Å². The smallest absolute Gasteiger partial charge is 0.435 e. The van der Waals surface area contributed by atoms with Gasteiger partial charge in [0.25, 0.3) is 0 Å². The predicted molar refractivity (Wildman–Crippen MR) is 81.7 cm³/mol. The molecule has 2 rings (SSSR count). The SMILES string of the molecule is COc1ccc(Cl)cc1CN(C)C(=O)Cn1ccc(C(F)(F)F)n1. The maximum atomic E-state index is 12.5. The number of carbonyl (C=O) groups is 1. The molecule has 0 atom stereocenters. The number of amides is 1. The highest BCUT2D eigenvalue weighted by Gasteiger charge is 2.33. The largest absolute Gasteiger partial charge is 0.496 e. The molecular formula is C15H15ClF3N3O2. The van der Waals surface area contributed by atoms with Gasteiger partial charge in [-0.15, -0.1) is 0 Å². The number of hydrogen-bond donors (Lipinski definition) is 0. The average molecular weight is 362 g/mol. The lowest BCUT2D eigenvalue weighted by molar-refractivity contribution is -0.142. The molecule has 1 amide bonds. The second-order valence-electron chi connectivity index (χ2n) is 5.10. The van der Waals surface area contributed by atoms with E-state index in [4.69, 9.17) is 16.3 Å². The van der Waals surface area contributed by atoms with Crippen molar-refractivity contribution in [2.75, 3.05) is 14.2 Å². The molecule has 0 saturated heterocycles. The Morgan fingerprint density at radius 2 is 2.08 bits per heavy atom. The van der Waals surface area contributed by atoms with Crippen LogP contribution in [0, 0.1) is 0 Å². The molecule has 0 bridgehead atoms. The first-order valence-electron chi connectivity index (χ1n) is 6.87. The van der Waals surface area contributed by atoms with E-state index in [1.54, 1.807) is 18.2 Å². The summed E-state index contributed by atoms with van der Waals surface area (Å²) in [5, 5.41) is 3.85. The minimum absolute atomic E-state index is 0.204. The highest BCUT2D eigenvalue weighted by Crippen LogP contribution is 2.27. The Kier molecular flexibility index (Phi) is 5.38. The number of likely N-dealkylation sites (N-methyl/N-ethyl adjacent to an activating group) is 1. The molecule has 1 aromatic carbocycles. The van der Waals surface area contributed by atoms with Crippen molar-refractivity contribution >= 4 is 17.5 Å². The Bertz CT molecular complexity index is 731. The van der Waals surface area contributed by atoms with Crippen LogP contribution in [0.2, 0.25) is 5.02 Å². The van der Waals surface area contributed by atoms with E-state index in [9.17, 15) is 18.0 Å². The molecule has 130 valence electrons. The molecule has 0 N–H and O–H groups in total. The van der Waals surface area contributed by atoms with E-state index in [1.165, 1.54) is 19.1 Å². The molecule has 5 nitrogen and oxygen atoms in total. The summed E-state index contributed by atoms with van der Waals surface area (Å²) in [6, 6.07) is 5.83. The number of hydrogen-bond acceptors (Lipinski definition) is 3. The van der Waals surface area contributed by atoms with Crippen LogP contribution < -0.4 is 4.74 Å². The van der Waals surface area contributed by atoms with Crippen LogP contribution in [0.1, 0.15) is 11.3 Å². The molecule has 24 heavy (non-hydrogen) atoms. The quantitative estimate of drug-likeness (QED) is 0.821. The molecule has 2 aromatic rings. The highest BCUT2D eigenvalue weighted by molar-refractivity contribution is 6.30. The first kappa shape index (κ1) is 18.1. The van der Waals surface area contributed by atoms with E-state index in [0.29, 0.717) is 16.3 Å². The number of aromatic nitrogens is 2. The topological polar surface area (TPSA) is 47.4 Å². The van der Waals surface area contributed by atoms with Gasteiger partial charge in [-0.2, -0.15) is 18.3 Å². The number of nitrogens with zero attached hydrogens (tertiary/aromatic N) is 3. The van der Waals surface area contributed by atoms with Gasteiger partial charge >= 0.3 is 6.18 Å². The molecular weight excluding hydrogens is 347 g/mol. The van der Waals surface area contributed by atoms with Crippen molar-refractivity contribution in [2.24, 2.45) is 0 Å². The van der Waals surface area contributed by atoms with Crippen LogP contribution in [0.5, 0.6) is 5.75 Å². The zero-order valence-electron chi connectivity index (χ0n) is 13.0. The summed E-state index contributed by atoms with van der Waals surface area (Å²) in [5.41, 5.74) is -0.341. The summed E-state index contributed by atoms with van der Waals surface area (Å²) in [4.78, 5) is 13.5. The fourth-order valence-corrected chi connectivity index (χ4v) is 2.27. The summed E-state index contributed by atoms with van der Waals surface area (Å²) in [7, 11) is 3.04. The van der Waals surface area contributed by atoms with Gasteiger partial charge in [-0.3, -0.25) is 9.48 Å². The predicted octanol–water partition coefficient (Wildman–Crippen LogP) is 3.22. The maximum Gasteiger partial charge on any atom is 0.435 e. The van der Waals surface area contributed by atoms with Crippen molar-refractivity contribution < 1.29 is 22.7 Å². The molecule has 1 aromatic heterocycles. The number of benzene rings is 1. The minimum atomic E-state index is -4.53. The van der Waals surface area contributed by atoms with Gasteiger partial charge in [-0.05, 0) is 24.3 Å². The third-order valence-corrected chi connectivity index (χ3v) is 3.54. The number of rotatable bonds is 5. The number of carbonyl (C=O) groups excluding carboxylic acids is 1. The summed E-state index contributed by atoms with van der Waals surface area (Å²) in [6.07, 6.45) is -3.41. The Morgan fingerprint density at radius 3 is 2.67 bits per heavy atom. The van der Waals surface area contributed by atoms with E-state index >= 15 is 0 Å². The third-order valence-electron chi connectivity index (χ3n) is 3.30. The second-order valence-corrected chi connectivity index (χ2v) is 5.54. The number of ether oxygens (including phenoxy) is 1.